The number of halogens is 1. The smallest absolute Gasteiger partial charge is 0.326 e. The van der Waals surface area contributed by atoms with Gasteiger partial charge in [-0.2, -0.15) is 0 Å². The lowest BCUT2D eigenvalue weighted by Crippen LogP contribution is -2.52. The summed E-state index contributed by atoms with van der Waals surface area (Å²) in [4.78, 5) is 35.8. The largest absolute Gasteiger partial charge is 0.480 e. The molecule has 0 unspecified atom stereocenters. The van der Waals surface area contributed by atoms with Crippen LogP contribution in [0.1, 0.15) is 18.1 Å². The van der Waals surface area contributed by atoms with Crippen LogP contribution in [0.2, 0.25) is 0 Å². The highest BCUT2D eigenvalue weighted by molar-refractivity contribution is 14.1. The van der Waals surface area contributed by atoms with Gasteiger partial charge < -0.3 is 15.7 Å². The second kappa shape index (κ2) is 10.1. The molecule has 2 amide bonds. The standard InChI is InChI=1S/C20H21IN2O4/c1-13(24)22-17(11-14-6-3-2-4-7-14)19(25)23-18(20(26)27)12-15-8-5-9-16(21)10-15/h2-10,17-18H,11-12H2,1H3,(H,22,24)(H,23,25)(H,26,27)/t17-,18-/m1/s1. The first kappa shape index (κ1) is 20.9. The number of rotatable bonds is 8. The molecular weight excluding hydrogens is 459 g/mol. The number of carbonyl (C=O) groups excluding carboxylic acids is 2. The number of carboxylic acids is 1. The number of carbonyl (C=O) groups is 3. The van der Waals surface area contributed by atoms with Crippen molar-refractivity contribution in [2.75, 3.05) is 0 Å². The molecule has 0 bridgehead atoms. The minimum Gasteiger partial charge on any atom is -0.480 e. The fourth-order valence-electron chi connectivity index (χ4n) is 2.68. The van der Waals surface area contributed by atoms with Gasteiger partial charge in [0, 0.05) is 23.3 Å². The summed E-state index contributed by atoms with van der Waals surface area (Å²) in [7, 11) is 0. The molecule has 2 aromatic rings. The average molecular weight is 480 g/mol. The topological polar surface area (TPSA) is 95.5 Å². The van der Waals surface area contributed by atoms with E-state index in [4.69, 9.17) is 0 Å². The van der Waals surface area contributed by atoms with Crippen LogP contribution in [0.15, 0.2) is 54.6 Å². The number of carboxylic acid groups (broad SMARTS) is 1. The quantitative estimate of drug-likeness (QED) is 0.505. The van der Waals surface area contributed by atoms with Gasteiger partial charge in [0.15, 0.2) is 0 Å². The van der Waals surface area contributed by atoms with E-state index in [2.05, 4.69) is 33.2 Å². The summed E-state index contributed by atoms with van der Waals surface area (Å²) < 4.78 is 0.987. The minimum absolute atomic E-state index is 0.163. The highest BCUT2D eigenvalue weighted by atomic mass is 127. The number of aliphatic carboxylic acids is 1. The molecule has 0 aromatic heterocycles. The first-order valence-corrected chi connectivity index (χ1v) is 9.51. The van der Waals surface area contributed by atoms with Crippen molar-refractivity contribution in [2.24, 2.45) is 0 Å². The van der Waals surface area contributed by atoms with Crippen molar-refractivity contribution < 1.29 is 19.5 Å². The van der Waals surface area contributed by atoms with E-state index in [0.29, 0.717) is 0 Å². The van der Waals surface area contributed by atoms with Gasteiger partial charge in [-0.3, -0.25) is 9.59 Å². The summed E-state index contributed by atoms with van der Waals surface area (Å²) in [6.45, 7) is 1.33. The summed E-state index contributed by atoms with van der Waals surface area (Å²) >= 11 is 2.15. The molecule has 0 saturated carbocycles. The molecule has 142 valence electrons. The van der Waals surface area contributed by atoms with Crippen LogP contribution in [0.4, 0.5) is 0 Å². The monoisotopic (exact) mass is 480 g/mol. The molecular formula is C20H21IN2O4. The zero-order chi connectivity index (χ0) is 19.8. The van der Waals surface area contributed by atoms with Crippen LogP contribution in [0.5, 0.6) is 0 Å². The Morgan fingerprint density at radius 3 is 2.15 bits per heavy atom. The second-order valence-electron chi connectivity index (χ2n) is 6.18. The lowest BCUT2D eigenvalue weighted by Gasteiger charge is -2.21. The van der Waals surface area contributed by atoms with Crippen molar-refractivity contribution in [1.29, 1.82) is 0 Å². The maximum Gasteiger partial charge on any atom is 0.326 e. The Hall–Kier alpha value is -2.42. The number of amides is 2. The van der Waals surface area contributed by atoms with E-state index in [9.17, 15) is 19.5 Å². The maximum absolute atomic E-state index is 12.7. The van der Waals surface area contributed by atoms with Crippen LogP contribution in [0.3, 0.4) is 0 Å². The number of hydrogen-bond donors (Lipinski definition) is 3. The Morgan fingerprint density at radius 2 is 1.56 bits per heavy atom. The van der Waals surface area contributed by atoms with Gasteiger partial charge in [-0.1, -0.05) is 42.5 Å². The number of benzene rings is 2. The minimum atomic E-state index is -1.12. The van der Waals surface area contributed by atoms with Crippen molar-refractivity contribution in [3.05, 3.63) is 69.3 Å². The molecule has 0 aliphatic heterocycles. The summed E-state index contributed by atoms with van der Waals surface area (Å²) in [5, 5.41) is 14.7. The summed E-state index contributed by atoms with van der Waals surface area (Å²) in [6, 6.07) is 14.8. The fraction of sp³-hybridized carbons (Fsp3) is 0.250. The number of hydrogen-bond acceptors (Lipinski definition) is 3. The van der Waals surface area contributed by atoms with Gasteiger partial charge in [0.2, 0.25) is 11.8 Å². The predicted molar refractivity (Wildman–Crippen MR) is 110 cm³/mol. The van der Waals surface area contributed by atoms with Crippen LogP contribution in [-0.2, 0) is 27.2 Å². The Labute approximate surface area is 171 Å². The van der Waals surface area contributed by atoms with E-state index in [0.717, 1.165) is 14.7 Å². The summed E-state index contributed by atoms with van der Waals surface area (Å²) in [5.74, 6) is -1.99. The first-order valence-electron chi connectivity index (χ1n) is 8.44. The SMILES string of the molecule is CC(=O)N[C@H](Cc1ccccc1)C(=O)N[C@H](Cc1cccc(I)c1)C(=O)O. The second-order valence-corrected chi connectivity index (χ2v) is 7.42. The van der Waals surface area contributed by atoms with E-state index in [-0.39, 0.29) is 18.7 Å². The van der Waals surface area contributed by atoms with E-state index in [1.807, 2.05) is 54.6 Å². The molecule has 0 aliphatic carbocycles. The Bertz CT molecular complexity index is 811. The van der Waals surface area contributed by atoms with E-state index >= 15 is 0 Å². The Morgan fingerprint density at radius 1 is 0.926 bits per heavy atom. The van der Waals surface area contributed by atoms with Crippen LogP contribution >= 0.6 is 22.6 Å². The van der Waals surface area contributed by atoms with Gasteiger partial charge in [-0.05, 0) is 45.9 Å². The normalized spacial score (nSPS) is 12.7. The van der Waals surface area contributed by atoms with Crippen LogP contribution in [0.25, 0.3) is 0 Å². The summed E-state index contributed by atoms with van der Waals surface area (Å²) in [6.07, 6.45) is 0.442. The fourth-order valence-corrected chi connectivity index (χ4v) is 3.28. The van der Waals surface area contributed by atoms with Gasteiger partial charge in [-0.15, -0.1) is 0 Å². The molecule has 3 N–H and O–H groups in total. The van der Waals surface area contributed by atoms with Crippen molar-refractivity contribution >= 4 is 40.4 Å². The first-order chi connectivity index (χ1) is 12.8. The van der Waals surface area contributed by atoms with Crippen molar-refractivity contribution in [2.45, 2.75) is 31.8 Å². The summed E-state index contributed by atoms with van der Waals surface area (Å²) in [5.41, 5.74) is 1.68. The van der Waals surface area contributed by atoms with Crippen LogP contribution in [-0.4, -0.2) is 35.0 Å². The van der Waals surface area contributed by atoms with Gasteiger partial charge in [0.05, 0.1) is 0 Å². The van der Waals surface area contributed by atoms with E-state index in [1.165, 1.54) is 6.92 Å². The molecule has 27 heavy (non-hydrogen) atoms. The number of nitrogens with one attached hydrogen (secondary N) is 2. The lowest BCUT2D eigenvalue weighted by atomic mass is 10.0. The molecule has 2 aromatic carbocycles. The maximum atomic E-state index is 12.7. The van der Waals surface area contributed by atoms with E-state index < -0.39 is 24.0 Å². The third-order valence-electron chi connectivity index (χ3n) is 3.92. The van der Waals surface area contributed by atoms with Crippen molar-refractivity contribution in [3.8, 4) is 0 Å². The molecule has 0 heterocycles. The van der Waals surface area contributed by atoms with Crippen molar-refractivity contribution in [3.63, 3.8) is 0 Å². The Balaban J connectivity index is 2.11. The molecule has 0 fully saturated rings. The van der Waals surface area contributed by atoms with Crippen LogP contribution < -0.4 is 10.6 Å². The van der Waals surface area contributed by atoms with Gasteiger partial charge >= 0.3 is 5.97 Å². The molecule has 7 heteroatoms. The van der Waals surface area contributed by atoms with Gasteiger partial charge in [0.25, 0.3) is 0 Å². The molecule has 0 saturated heterocycles. The molecule has 0 spiro atoms. The van der Waals surface area contributed by atoms with Crippen molar-refractivity contribution in [1.82, 2.24) is 10.6 Å². The predicted octanol–water partition coefficient (Wildman–Crippen LogP) is 2.15. The van der Waals surface area contributed by atoms with Crippen LogP contribution in [0, 0.1) is 3.57 Å². The molecule has 0 aliphatic rings. The average Bonchev–Trinajstić information content (AvgIpc) is 2.61. The molecule has 0 radical (unpaired) electrons. The molecule has 2 rings (SSSR count). The third kappa shape index (κ3) is 7.01. The third-order valence-corrected chi connectivity index (χ3v) is 4.59. The Kier molecular flexibility index (Phi) is 7.78. The highest BCUT2D eigenvalue weighted by Crippen LogP contribution is 2.11. The van der Waals surface area contributed by atoms with Gasteiger partial charge in [-0.25, -0.2) is 4.79 Å². The lowest BCUT2D eigenvalue weighted by molar-refractivity contribution is -0.142. The highest BCUT2D eigenvalue weighted by Gasteiger charge is 2.26. The van der Waals surface area contributed by atoms with E-state index in [1.54, 1.807) is 0 Å². The molecule has 2 atom stereocenters. The molecule has 6 nitrogen and oxygen atoms in total. The van der Waals surface area contributed by atoms with Gasteiger partial charge in [0.1, 0.15) is 12.1 Å². The zero-order valence-electron chi connectivity index (χ0n) is 14.8. The zero-order valence-corrected chi connectivity index (χ0v) is 17.0.